The molecule has 2 amide bonds. The maximum Gasteiger partial charge on any atom is 0.227 e. The zero-order chi connectivity index (χ0) is 24.5. The number of para-hydroxylation sites is 2. The van der Waals surface area contributed by atoms with E-state index in [1.807, 2.05) is 42.5 Å². The Balaban J connectivity index is 1.23. The summed E-state index contributed by atoms with van der Waals surface area (Å²) in [5.41, 5.74) is 5.72. The fourth-order valence-electron chi connectivity index (χ4n) is 4.37. The number of nitriles is 1. The van der Waals surface area contributed by atoms with E-state index in [1.165, 1.54) is 16.8 Å². The van der Waals surface area contributed by atoms with E-state index in [2.05, 4.69) is 52.7 Å². The van der Waals surface area contributed by atoms with E-state index >= 15 is 0 Å². The second kappa shape index (κ2) is 11.8. The van der Waals surface area contributed by atoms with Crippen LogP contribution in [0, 0.1) is 11.3 Å². The lowest BCUT2D eigenvalue weighted by Crippen LogP contribution is -2.33. The highest BCUT2D eigenvalue weighted by molar-refractivity contribution is 5.95. The summed E-state index contributed by atoms with van der Waals surface area (Å²) in [7, 11) is 0. The molecule has 0 aliphatic carbocycles. The number of benzene rings is 3. The van der Waals surface area contributed by atoms with Gasteiger partial charge >= 0.3 is 0 Å². The maximum atomic E-state index is 12.7. The highest BCUT2D eigenvalue weighted by atomic mass is 16.2. The lowest BCUT2D eigenvalue weighted by Gasteiger charge is -2.21. The first-order chi connectivity index (χ1) is 17.1. The fraction of sp³-hybridized carbons (Fsp3) is 0.276. The van der Waals surface area contributed by atoms with Gasteiger partial charge in [-0.15, -0.1) is 0 Å². The Kier molecular flexibility index (Phi) is 8.13. The first kappa shape index (κ1) is 24.0. The van der Waals surface area contributed by atoms with Gasteiger partial charge in [-0.25, -0.2) is 0 Å². The van der Waals surface area contributed by atoms with Crippen molar-refractivity contribution >= 4 is 23.2 Å². The van der Waals surface area contributed by atoms with Gasteiger partial charge in [-0.1, -0.05) is 60.7 Å². The van der Waals surface area contributed by atoms with Crippen LogP contribution in [0.2, 0.25) is 0 Å². The van der Waals surface area contributed by atoms with Crippen molar-refractivity contribution in [1.29, 1.82) is 5.26 Å². The molecule has 0 saturated carbocycles. The number of hydrogen-bond acceptors (Lipinski definition) is 4. The third-order valence-corrected chi connectivity index (χ3v) is 6.25. The Labute approximate surface area is 206 Å². The molecule has 0 fully saturated rings. The number of amides is 2. The van der Waals surface area contributed by atoms with Crippen LogP contribution in [0.1, 0.15) is 36.0 Å². The molecule has 35 heavy (non-hydrogen) atoms. The first-order valence-electron chi connectivity index (χ1n) is 12.0. The van der Waals surface area contributed by atoms with E-state index in [9.17, 15) is 9.59 Å². The quantitative estimate of drug-likeness (QED) is 0.474. The average Bonchev–Trinajstić information content (AvgIpc) is 3.30. The van der Waals surface area contributed by atoms with Crippen LogP contribution in [0.15, 0.2) is 78.9 Å². The summed E-state index contributed by atoms with van der Waals surface area (Å²) in [6.07, 6.45) is 1.54. The highest BCUT2D eigenvalue weighted by Crippen LogP contribution is 2.28. The smallest absolute Gasteiger partial charge is 0.227 e. The molecule has 3 aromatic carbocycles. The largest absolute Gasteiger partial charge is 0.367 e. The van der Waals surface area contributed by atoms with Gasteiger partial charge in [0.2, 0.25) is 11.8 Å². The minimum atomic E-state index is -0.163. The molecule has 1 heterocycles. The van der Waals surface area contributed by atoms with Crippen molar-refractivity contribution in [2.45, 2.75) is 38.8 Å². The molecule has 178 valence electrons. The summed E-state index contributed by atoms with van der Waals surface area (Å²) in [6.45, 7) is 2.65. The standard InChI is InChI=1S/C29H30N4O2/c30-18-6-19-33(26-8-2-1-3-9-26)29(35)16-15-28(34)31-21-23-11-13-24(14-12-23)22-32-20-17-25-7-4-5-10-27(25)32/h1-5,7-14H,6,15-17,19-22H2,(H,31,34). The summed E-state index contributed by atoms with van der Waals surface area (Å²) >= 11 is 0. The van der Waals surface area contributed by atoms with Crippen molar-refractivity contribution in [2.75, 3.05) is 22.9 Å². The van der Waals surface area contributed by atoms with E-state index in [0.717, 1.165) is 30.8 Å². The minimum absolute atomic E-state index is 0.0996. The molecule has 4 rings (SSSR count). The lowest BCUT2D eigenvalue weighted by molar-refractivity contribution is -0.125. The van der Waals surface area contributed by atoms with Gasteiger partial charge in [0.1, 0.15) is 0 Å². The van der Waals surface area contributed by atoms with Gasteiger partial charge in [-0.2, -0.15) is 5.26 Å². The Hall–Kier alpha value is -4.11. The van der Waals surface area contributed by atoms with E-state index in [4.69, 9.17) is 5.26 Å². The van der Waals surface area contributed by atoms with Crippen molar-refractivity contribution in [2.24, 2.45) is 0 Å². The van der Waals surface area contributed by atoms with Gasteiger partial charge in [-0.3, -0.25) is 9.59 Å². The summed E-state index contributed by atoms with van der Waals surface area (Å²) in [5.74, 6) is -0.321. The minimum Gasteiger partial charge on any atom is -0.367 e. The molecule has 3 aromatic rings. The van der Waals surface area contributed by atoms with Crippen LogP contribution >= 0.6 is 0 Å². The number of carbonyl (C=O) groups is 2. The SMILES string of the molecule is N#CCCN(C(=O)CCC(=O)NCc1ccc(CN2CCc3ccccc32)cc1)c1ccccc1. The molecular formula is C29H30N4O2. The first-order valence-corrected chi connectivity index (χ1v) is 12.0. The van der Waals surface area contributed by atoms with Crippen molar-refractivity contribution in [1.82, 2.24) is 5.32 Å². The predicted molar refractivity (Wildman–Crippen MR) is 138 cm³/mol. The van der Waals surface area contributed by atoms with Crippen LogP contribution in [-0.4, -0.2) is 24.9 Å². The Morgan fingerprint density at radius 3 is 2.40 bits per heavy atom. The third kappa shape index (κ3) is 6.48. The normalized spacial score (nSPS) is 12.0. The molecule has 1 aliphatic rings. The van der Waals surface area contributed by atoms with Crippen molar-refractivity contribution < 1.29 is 9.59 Å². The van der Waals surface area contributed by atoms with Crippen LogP contribution in [0.3, 0.4) is 0 Å². The molecule has 6 nitrogen and oxygen atoms in total. The van der Waals surface area contributed by atoms with Crippen molar-refractivity contribution in [3.8, 4) is 6.07 Å². The maximum absolute atomic E-state index is 12.7. The third-order valence-electron chi connectivity index (χ3n) is 6.25. The van der Waals surface area contributed by atoms with Gasteiger partial charge in [0.15, 0.2) is 0 Å². The van der Waals surface area contributed by atoms with Gasteiger partial charge in [-0.05, 0) is 41.3 Å². The lowest BCUT2D eigenvalue weighted by atomic mass is 10.1. The van der Waals surface area contributed by atoms with Crippen LogP contribution in [0.25, 0.3) is 0 Å². The van der Waals surface area contributed by atoms with E-state index in [-0.39, 0.29) is 31.1 Å². The number of anilines is 2. The molecule has 1 N–H and O–H groups in total. The second-order valence-corrected chi connectivity index (χ2v) is 8.68. The molecule has 0 radical (unpaired) electrons. The van der Waals surface area contributed by atoms with Gasteiger partial charge in [0.05, 0.1) is 12.5 Å². The average molecular weight is 467 g/mol. The van der Waals surface area contributed by atoms with Crippen LogP contribution < -0.4 is 15.1 Å². The van der Waals surface area contributed by atoms with Crippen molar-refractivity contribution in [3.63, 3.8) is 0 Å². The molecular weight excluding hydrogens is 436 g/mol. The molecule has 0 atom stereocenters. The highest BCUT2D eigenvalue weighted by Gasteiger charge is 2.18. The molecule has 0 saturated heterocycles. The second-order valence-electron chi connectivity index (χ2n) is 8.68. The molecule has 1 aliphatic heterocycles. The van der Waals surface area contributed by atoms with Gasteiger partial charge in [0, 0.05) is 50.4 Å². The topological polar surface area (TPSA) is 76.4 Å². The van der Waals surface area contributed by atoms with Crippen molar-refractivity contribution in [3.05, 3.63) is 95.6 Å². The number of nitrogens with zero attached hydrogens (tertiary/aromatic N) is 3. The summed E-state index contributed by atoms with van der Waals surface area (Å²) < 4.78 is 0. The van der Waals surface area contributed by atoms with Crippen LogP contribution in [-0.2, 0) is 29.1 Å². The summed E-state index contributed by atoms with van der Waals surface area (Å²) in [5, 5.41) is 11.8. The molecule has 0 bridgehead atoms. The Morgan fingerprint density at radius 2 is 1.63 bits per heavy atom. The molecule has 0 spiro atoms. The molecule has 0 unspecified atom stereocenters. The molecule has 6 heteroatoms. The summed E-state index contributed by atoms with van der Waals surface area (Å²) in [6, 6.07) is 28.2. The molecule has 0 aromatic heterocycles. The Bertz CT molecular complexity index is 1190. The van der Waals surface area contributed by atoms with Gasteiger partial charge in [0.25, 0.3) is 0 Å². The number of fused-ring (bicyclic) bond motifs is 1. The summed E-state index contributed by atoms with van der Waals surface area (Å²) in [4.78, 5) is 29.1. The zero-order valence-corrected chi connectivity index (χ0v) is 19.8. The van der Waals surface area contributed by atoms with Gasteiger partial charge < -0.3 is 15.1 Å². The fourth-order valence-corrected chi connectivity index (χ4v) is 4.37. The number of hydrogen-bond donors (Lipinski definition) is 1. The van der Waals surface area contributed by atoms with Crippen LogP contribution in [0.5, 0.6) is 0 Å². The zero-order valence-electron chi connectivity index (χ0n) is 19.8. The number of rotatable bonds is 10. The van der Waals surface area contributed by atoms with E-state index in [0.29, 0.717) is 13.1 Å². The van der Waals surface area contributed by atoms with E-state index in [1.54, 1.807) is 4.90 Å². The Morgan fingerprint density at radius 1 is 0.914 bits per heavy atom. The van der Waals surface area contributed by atoms with E-state index < -0.39 is 0 Å². The number of carbonyl (C=O) groups excluding carboxylic acids is 2. The number of nitrogens with one attached hydrogen (secondary N) is 1. The monoisotopic (exact) mass is 466 g/mol. The van der Waals surface area contributed by atoms with Crippen LogP contribution in [0.4, 0.5) is 11.4 Å². The predicted octanol–water partition coefficient (Wildman–Crippen LogP) is 4.59.